The van der Waals surface area contributed by atoms with Crippen molar-refractivity contribution in [2.75, 3.05) is 11.9 Å². The predicted octanol–water partition coefficient (Wildman–Crippen LogP) is 3.85. The molecule has 1 amide bonds. The molecule has 1 aromatic rings. The molecular formula is C14H17Cl2FN2O. The highest BCUT2D eigenvalue weighted by Crippen LogP contribution is 2.32. The van der Waals surface area contributed by atoms with Gasteiger partial charge in [0.05, 0.1) is 16.1 Å². The molecule has 6 heteroatoms. The van der Waals surface area contributed by atoms with Gasteiger partial charge in [0.2, 0.25) is 5.91 Å². The summed E-state index contributed by atoms with van der Waals surface area (Å²) in [6, 6.07) is 2.42. The summed E-state index contributed by atoms with van der Waals surface area (Å²) in [5, 5.41) is 5.74. The van der Waals surface area contributed by atoms with Crippen LogP contribution in [0.3, 0.4) is 0 Å². The summed E-state index contributed by atoms with van der Waals surface area (Å²) in [6.07, 6.45) is 2.02. The van der Waals surface area contributed by atoms with Crippen LogP contribution in [0, 0.1) is 11.2 Å². The van der Waals surface area contributed by atoms with E-state index in [4.69, 9.17) is 23.2 Å². The largest absolute Gasteiger partial charge is 0.325 e. The minimum atomic E-state index is -0.678. The number of hydrogen-bond acceptors (Lipinski definition) is 2. The van der Waals surface area contributed by atoms with Crippen molar-refractivity contribution in [3.05, 3.63) is 28.0 Å². The fourth-order valence-corrected chi connectivity index (χ4v) is 2.99. The highest BCUT2D eigenvalue weighted by atomic mass is 35.5. The van der Waals surface area contributed by atoms with Gasteiger partial charge < -0.3 is 10.6 Å². The predicted molar refractivity (Wildman–Crippen MR) is 79.9 cm³/mol. The summed E-state index contributed by atoms with van der Waals surface area (Å²) in [5.41, 5.74) is 0.269. The van der Waals surface area contributed by atoms with Crippen LogP contribution in [-0.2, 0) is 4.79 Å². The van der Waals surface area contributed by atoms with Crippen molar-refractivity contribution in [3.63, 3.8) is 0 Å². The first kappa shape index (κ1) is 15.5. The summed E-state index contributed by atoms with van der Waals surface area (Å²) in [6.45, 7) is 4.91. The quantitative estimate of drug-likeness (QED) is 0.813. The lowest BCUT2D eigenvalue weighted by atomic mass is 9.77. The van der Waals surface area contributed by atoms with E-state index in [1.165, 1.54) is 12.1 Å². The van der Waals surface area contributed by atoms with Crippen LogP contribution in [0.2, 0.25) is 10.0 Å². The second-order valence-corrected chi connectivity index (χ2v) is 6.54. The van der Waals surface area contributed by atoms with E-state index in [0.29, 0.717) is 5.69 Å². The number of rotatable bonds is 2. The maximum Gasteiger partial charge on any atom is 0.242 e. The number of hydrogen-bond donors (Lipinski definition) is 2. The van der Waals surface area contributed by atoms with E-state index in [0.717, 1.165) is 19.4 Å². The topological polar surface area (TPSA) is 41.1 Å². The molecule has 110 valence electrons. The molecule has 1 unspecified atom stereocenters. The van der Waals surface area contributed by atoms with Crippen LogP contribution >= 0.6 is 23.2 Å². The monoisotopic (exact) mass is 318 g/mol. The molecule has 1 saturated heterocycles. The molecule has 0 bridgehead atoms. The fraction of sp³-hybridized carbons (Fsp3) is 0.500. The number of amides is 1. The molecule has 1 aliphatic heterocycles. The third-order valence-electron chi connectivity index (χ3n) is 3.64. The summed E-state index contributed by atoms with van der Waals surface area (Å²) in [7, 11) is 0. The molecule has 2 rings (SSSR count). The lowest BCUT2D eigenvalue weighted by Gasteiger charge is -2.38. The zero-order valence-corrected chi connectivity index (χ0v) is 12.9. The first-order chi connectivity index (χ1) is 9.31. The van der Waals surface area contributed by atoms with Crippen LogP contribution < -0.4 is 10.6 Å². The SMILES string of the molecule is CC1(C)CCCNC1C(=O)Nc1cc(Cl)c(F)c(Cl)c1. The number of carbonyl (C=O) groups excluding carboxylic acids is 1. The van der Waals surface area contributed by atoms with Crippen molar-refractivity contribution < 1.29 is 9.18 Å². The summed E-state index contributed by atoms with van der Waals surface area (Å²) < 4.78 is 13.3. The second kappa shape index (κ2) is 5.88. The van der Waals surface area contributed by atoms with Gasteiger partial charge in [-0.15, -0.1) is 0 Å². The van der Waals surface area contributed by atoms with E-state index in [9.17, 15) is 9.18 Å². The number of piperidine rings is 1. The van der Waals surface area contributed by atoms with Crippen molar-refractivity contribution in [3.8, 4) is 0 Å². The molecule has 1 fully saturated rings. The Balaban J connectivity index is 2.15. The minimum absolute atomic E-state index is 0.108. The van der Waals surface area contributed by atoms with Gasteiger partial charge in [-0.25, -0.2) is 4.39 Å². The maximum atomic E-state index is 13.3. The van der Waals surface area contributed by atoms with Crippen LogP contribution in [0.1, 0.15) is 26.7 Å². The molecule has 20 heavy (non-hydrogen) atoms. The molecule has 0 aromatic heterocycles. The Labute approximate surface area is 127 Å². The van der Waals surface area contributed by atoms with Crippen LogP contribution in [0.15, 0.2) is 12.1 Å². The van der Waals surface area contributed by atoms with Gasteiger partial charge in [0.1, 0.15) is 0 Å². The molecule has 1 atom stereocenters. The van der Waals surface area contributed by atoms with Gasteiger partial charge in [-0.3, -0.25) is 4.79 Å². The van der Waals surface area contributed by atoms with Crippen molar-refractivity contribution in [2.45, 2.75) is 32.7 Å². The lowest BCUT2D eigenvalue weighted by Crippen LogP contribution is -2.53. The summed E-state index contributed by atoms with van der Waals surface area (Å²) in [5.74, 6) is -0.837. The molecule has 1 aliphatic rings. The third-order valence-corrected chi connectivity index (χ3v) is 4.19. The zero-order valence-electron chi connectivity index (χ0n) is 11.4. The molecule has 0 radical (unpaired) electrons. The average molecular weight is 319 g/mol. The van der Waals surface area contributed by atoms with E-state index in [-0.39, 0.29) is 27.4 Å². The molecule has 1 heterocycles. The van der Waals surface area contributed by atoms with Crippen LogP contribution in [0.5, 0.6) is 0 Å². The summed E-state index contributed by atoms with van der Waals surface area (Å²) >= 11 is 11.4. The highest BCUT2D eigenvalue weighted by Gasteiger charge is 2.37. The van der Waals surface area contributed by atoms with Gasteiger partial charge in [-0.05, 0) is 36.9 Å². The fourth-order valence-electron chi connectivity index (χ4n) is 2.50. The smallest absolute Gasteiger partial charge is 0.242 e. The average Bonchev–Trinajstić information content (AvgIpc) is 2.35. The van der Waals surface area contributed by atoms with Gasteiger partial charge in [0.15, 0.2) is 5.82 Å². The Kier molecular flexibility index (Phi) is 4.57. The number of nitrogens with one attached hydrogen (secondary N) is 2. The van der Waals surface area contributed by atoms with Crippen LogP contribution in [-0.4, -0.2) is 18.5 Å². The number of carbonyl (C=O) groups is 1. The molecule has 2 N–H and O–H groups in total. The van der Waals surface area contributed by atoms with Crippen molar-refractivity contribution in [1.82, 2.24) is 5.32 Å². The molecule has 0 saturated carbocycles. The van der Waals surface area contributed by atoms with E-state index < -0.39 is 5.82 Å². The molecular weight excluding hydrogens is 302 g/mol. The Morgan fingerprint density at radius 3 is 2.55 bits per heavy atom. The van der Waals surface area contributed by atoms with Gasteiger partial charge >= 0.3 is 0 Å². The normalized spacial score (nSPS) is 21.6. The first-order valence-corrected chi connectivity index (χ1v) is 7.25. The van der Waals surface area contributed by atoms with Crippen molar-refractivity contribution >= 4 is 34.8 Å². The van der Waals surface area contributed by atoms with E-state index in [1.807, 2.05) is 13.8 Å². The van der Waals surface area contributed by atoms with Crippen LogP contribution in [0.4, 0.5) is 10.1 Å². The number of halogens is 3. The minimum Gasteiger partial charge on any atom is -0.325 e. The van der Waals surface area contributed by atoms with E-state index in [2.05, 4.69) is 10.6 Å². The Bertz CT molecular complexity index is 511. The van der Waals surface area contributed by atoms with Gasteiger partial charge in [0, 0.05) is 5.69 Å². The zero-order chi connectivity index (χ0) is 14.9. The summed E-state index contributed by atoms with van der Waals surface area (Å²) in [4.78, 5) is 12.3. The lowest BCUT2D eigenvalue weighted by molar-refractivity contribution is -0.121. The molecule has 3 nitrogen and oxygen atoms in total. The van der Waals surface area contributed by atoms with Gasteiger partial charge in [-0.2, -0.15) is 0 Å². The van der Waals surface area contributed by atoms with E-state index >= 15 is 0 Å². The number of anilines is 1. The third kappa shape index (κ3) is 3.25. The molecule has 0 aliphatic carbocycles. The van der Waals surface area contributed by atoms with Gasteiger partial charge in [0.25, 0.3) is 0 Å². The maximum absolute atomic E-state index is 13.3. The Hall–Kier alpha value is -0.840. The van der Waals surface area contributed by atoms with Gasteiger partial charge in [-0.1, -0.05) is 37.0 Å². The highest BCUT2D eigenvalue weighted by molar-refractivity contribution is 6.35. The standard InChI is InChI=1S/C14H17Cl2FN2O/c1-14(2)4-3-5-18-12(14)13(20)19-8-6-9(15)11(17)10(16)7-8/h6-7,12,18H,3-5H2,1-2H3,(H,19,20). The first-order valence-electron chi connectivity index (χ1n) is 6.50. The Morgan fingerprint density at radius 2 is 2.00 bits per heavy atom. The van der Waals surface area contributed by atoms with Crippen molar-refractivity contribution in [2.24, 2.45) is 5.41 Å². The second-order valence-electron chi connectivity index (χ2n) is 5.72. The number of benzene rings is 1. The van der Waals surface area contributed by atoms with Crippen LogP contribution in [0.25, 0.3) is 0 Å². The van der Waals surface area contributed by atoms with E-state index in [1.54, 1.807) is 0 Å². The Morgan fingerprint density at radius 1 is 1.40 bits per heavy atom. The molecule has 0 spiro atoms. The molecule has 1 aromatic carbocycles. The van der Waals surface area contributed by atoms with Crippen molar-refractivity contribution in [1.29, 1.82) is 0 Å².